The molecule has 4 heteroatoms. The molecule has 0 saturated carbocycles. The van der Waals surface area contributed by atoms with Crippen LogP contribution in [0.4, 0.5) is 0 Å². The van der Waals surface area contributed by atoms with Crippen molar-refractivity contribution in [3.05, 3.63) is 0 Å². The molecule has 0 amide bonds. The van der Waals surface area contributed by atoms with Crippen molar-refractivity contribution in [3.8, 4) is 0 Å². The van der Waals surface area contributed by atoms with E-state index in [0.29, 0.717) is 0 Å². The fourth-order valence-corrected chi connectivity index (χ4v) is 0. The molecule has 0 aliphatic heterocycles. The van der Waals surface area contributed by atoms with E-state index in [1.807, 2.05) is 0 Å². The van der Waals surface area contributed by atoms with E-state index < -0.39 is 5.97 Å². The van der Waals surface area contributed by atoms with E-state index in [2.05, 4.69) is 0 Å². The fourth-order valence-electron chi connectivity index (χ4n) is 0. The Kier molecular flexibility index (Phi) is 24.6. The molecule has 0 aromatic carbocycles. The fraction of sp³-hybridized carbons (Fsp3) is 0.500. The van der Waals surface area contributed by atoms with E-state index in [-0.39, 0.29) is 45.4 Å². The molecule has 0 atom stereocenters. The molecule has 1 N–H and O–H groups in total. The van der Waals surface area contributed by atoms with Gasteiger partial charge in [-0.2, -0.15) is 0 Å². The Labute approximate surface area is 68.0 Å². The summed E-state index contributed by atoms with van der Waals surface area (Å²) < 4.78 is 0. The van der Waals surface area contributed by atoms with Crippen LogP contribution >= 0.6 is 0 Å². The van der Waals surface area contributed by atoms with Crippen LogP contribution in [0.2, 0.25) is 0 Å². The summed E-state index contributed by atoms with van der Waals surface area (Å²) in [4.78, 5) is 9.00. The molecular weight excluding hydrogens is 173 g/mol. The molecule has 6 heavy (non-hydrogen) atoms. The van der Waals surface area contributed by atoms with Gasteiger partial charge in [0.25, 0.3) is 5.97 Å². The quantitative estimate of drug-likeness (QED) is 0.493. The average molecular weight is 179 g/mol. The number of carboxylic acid groups (broad SMARTS) is 1. The van der Waals surface area contributed by atoms with Crippen LogP contribution in [-0.2, 0) is 27.2 Å². The zero-order chi connectivity index (χ0) is 3.58. The SMILES string of the molecule is CC(=O)O.[MgH2].[Nb]. The topological polar surface area (TPSA) is 37.3 Å². The maximum absolute atomic E-state index is 9.00. The molecule has 0 saturated heterocycles. The molecule has 1 radical (unpaired) electrons. The maximum Gasteiger partial charge on any atom is 0.316 e. The number of hydrogen-bond donors (Lipinski definition) is 1. The van der Waals surface area contributed by atoms with Crippen molar-refractivity contribution in [1.82, 2.24) is 0 Å². The summed E-state index contributed by atoms with van der Waals surface area (Å²) in [5.74, 6) is -0.833. The first-order valence-electron chi connectivity index (χ1n) is 0.928. The van der Waals surface area contributed by atoms with E-state index in [4.69, 9.17) is 9.90 Å². The summed E-state index contributed by atoms with van der Waals surface area (Å²) in [6.07, 6.45) is 0. The average Bonchev–Trinajstić information content (AvgIpc) is 0.811. The van der Waals surface area contributed by atoms with E-state index in [1.54, 1.807) is 0 Å². The van der Waals surface area contributed by atoms with Gasteiger partial charge in [0.1, 0.15) is 0 Å². The molecule has 33 valence electrons. The van der Waals surface area contributed by atoms with Crippen LogP contribution in [0.5, 0.6) is 0 Å². The van der Waals surface area contributed by atoms with Crippen LogP contribution < -0.4 is 0 Å². The van der Waals surface area contributed by atoms with Gasteiger partial charge >= 0.3 is 23.1 Å². The van der Waals surface area contributed by atoms with Crippen molar-refractivity contribution in [2.24, 2.45) is 0 Å². The second-order valence-electron chi connectivity index (χ2n) is 0.519. The number of carboxylic acids is 1. The smallest absolute Gasteiger partial charge is 0.316 e. The Morgan fingerprint density at radius 2 is 1.67 bits per heavy atom. The van der Waals surface area contributed by atoms with Crippen molar-refractivity contribution >= 4 is 29.0 Å². The summed E-state index contributed by atoms with van der Waals surface area (Å²) in [6, 6.07) is 0. The minimum Gasteiger partial charge on any atom is -0.481 e. The van der Waals surface area contributed by atoms with E-state index in [9.17, 15) is 0 Å². The zero-order valence-electron chi connectivity index (χ0n) is 2.80. The minimum absolute atomic E-state index is 0. The second-order valence-corrected chi connectivity index (χ2v) is 0.519. The molecule has 0 aromatic heterocycles. The minimum atomic E-state index is -0.833. The molecule has 0 aliphatic rings. The summed E-state index contributed by atoms with van der Waals surface area (Å²) in [5.41, 5.74) is 0. The van der Waals surface area contributed by atoms with Gasteiger partial charge in [-0.15, -0.1) is 0 Å². The summed E-state index contributed by atoms with van der Waals surface area (Å²) in [6.45, 7) is 1.08. The van der Waals surface area contributed by atoms with Gasteiger partial charge in [0.2, 0.25) is 0 Å². The molecule has 2 nitrogen and oxygen atoms in total. The summed E-state index contributed by atoms with van der Waals surface area (Å²) in [5, 5.41) is 7.42. The zero-order valence-corrected chi connectivity index (χ0v) is 5.00. The van der Waals surface area contributed by atoms with Crippen molar-refractivity contribution in [2.45, 2.75) is 6.92 Å². The normalized spacial score (nSPS) is 4.17. The molecule has 0 heterocycles. The van der Waals surface area contributed by atoms with Gasteiger partial charge in [0.15, 0.2) is 0 Å². The van der Waals surface area contributed by atoms with Gasteiger partial charge in [-0.1, -0.05) is 0 Å². The molecule has 0 aliphatic carbocycles. The van der Waals surface area contributed by atoms with E-state index in [0.717, 1.165) is 6.92 Å². The van der Waals surface area contributed by atoms with Crippen LogP contribution in [0.1, 0.15) is 6.92 Å². The van der Waals surface area contributed by atoms with Gasteiger partial charge in [0.05, 0.1) is 0 Å². The van der Waals surface area contributed by atoms with Crippen LogP contribution in [0, 0.1) is 0 Å². The number of rotatable bonds is 0. The first-order valence-corrected chi connectivity index (χ1v) is 0.928. The van der Waals surface area contributed by atoms with E-state index >= 15 is 0 Å². The first kappa shape index (κ1) is 15.8. The van der Waals surface area contributed by atoms with Crippen LogP contribution in [0.3, 0.4) is 0 Å². The molecule has 0 fully saturated rings. The molecule has 0 unspecified atom stereocenters. The third kappa shape index (κ3) is 82.5. The molecule has 0 spiro atoms. The predicted octanol–water partition coefficient (Wildman–Crippen LogP) is -0.828. The van der Waals surface area contributed by atoms with Crippen molar-refractivity contribution in [2.75, 3.05) is 0 Å². The van der Waals surface area contributed by atoms with E-state index in [1.165, 1.54) is 0 Å². The largest absolute Gasteiger partial charge is 0.481 e. The molecule has 0 rings (SSSR count). The third-order valence-electron chi connectivity index (χ3n) is 0. The Bertz CT molecular complexity index is 34.5. The molecule has 0 aromatic rings. The summed E-state index contributed by atoms with van der Waals surface area (Å²) >= 11 is 0. The Balaban J connectivity index is -0.0000000450. The Morgan fingerprint density at radius 1 is 1.67 bits per heavy atom. The van der Waals surface area contributed by atoms with Crippen molar-refractivity contribution in [1.29, 1.82) is 0 Å². The van der Waals surface area contributed by atoms with Crippen molar-refractivity contribution < 1.29 is 32.3 Å². The third-order valence-corrected chi connectivity index (χ3v) is 0. The monoisotopic (exact) mass is 179 g/mol. The number of hydrogen-bond acceptors (Lipinski definition) is 1. The molecule has 0 bridgehead atoms. The van der Waals surface area contributed by atoms with Gasteiger partial charge in [-0.05, 0) is 0 Å². The van der Waals surface area contributed by atoms with Crippen LogP contribution in [-0.4, -0.2) is 34.1 Å². The maximum atomic E-state index is 9.00. The standard InChI is InChI=1S/C2H4O2.Mg.Nb.2H/c1-2(3)4;;;;/h1H3,(H,3,4);;;;. The van der Waals surface area contributed by atoms with Crippen LogP contribution in [0.25, 0.3) is 0 Å². The van der Waals surface area contributed by atoms with Crippen LogP contribution in [0.15, 0.2) is 0 Å². The van der Waals surface area contributed by atoms with Gasteiger partial charge in [-0.25, -0.2) is 0 Å². The molecular formula is C2H6MgNbO2. The second kappa shape index (κ2) is 9.36. The summed E-state index contributed by atoms with van der Waals surface area (Å²) in [7, 11) is 0. The number of aliphatic carboxylic acids is 1. The van der Waals surface area contributed by atoms with Crippen molar-refractivity contribution in [3.63, 3.8) is 0 Å². The predicted molar refractivity (Wildman–Crippen MR) is 21.9 cm³/mol. The van der Waals surface area contributed by atoms with Gasteiger partial charge in [-0.3, -0.25) is 4.79 Å². The number of carbonyl (C=O) groups is 1. The Hall–Kier alpha value is 0.976. The van der Waals surface area contributed by atoms with Gasteiger partial charge in [0, 0.05) is 29.3 Å². The first-order chi connectivity index (χ1) is 1.73. The van der Waals surface area contributed by atoms with Gasteiger partial charge < -0.3 is 5.11 Å². The Morgan fingerprint density at radius 3 is 1.67 bits per heavy atom.